The minimum atomic E-state index is -0.0612. The molecule has 1 fully saturated rings. The lowest BCUT2D eigenvalue weighted by atomic mass is 10.2. The summed E-state index contributed by atoms with van der Waals surface area (Å²) in [4.78, 5) is 14.3. The van der Waals surface area contributed by atoms with Gasteiger partial charge < -0.3 is 19.4 Å². The zero-order chi connectivity index (χ0) is 16.2. The Labute approximate surface area is 155 Å². The van der Waals surface area contributed by atoms with Crippen molar-refractivity contribution in [1.82, 2.24) is 10.2 Å². The van der Waals surface area contributed by atoms with Gasteiger partial charge in [0.05, 0.1) is 0 Å². The minimum Gasteiger partial charge on any atom is -0.486 e. The van der Waals surface area contributed by atoms with Crippen LogP contribution in [0.1, 0.15) is 23.2 Å². The van der Waals surface area contributed by atoms with E-state index in [2.05, 4.69) is 21.2 Å². The highest BCUT2D eigenvalue weighted by Crippen LogP contribution is 2.19. The number of carbonyl (C=O) groups is 1. The fourth-order valence-corrected chi connectivity index (χ4v) is 2.80. The lowest BCUT2D eigenvalue weighted by molar-refractivity contribution is 0.0619. The summed E-state index contributed by atoms with van der Waals surface area (Å²) in [5.41, 5.74) is 0. The molecule has 2 heterocycles. The lowest BCUT2D eigenvalue weighted by Gasteiger charge is -2.33. The van der Waals surface area contributed by atoms with Crippen molar-refractivity contribution >= 4 is 34.2 Å². The van der Waals surface area contributed by atoms with E-state index in [9.17, 15) is 4.79 Å². The van der Waals surface area contributed by atoms with E-state index in [4.69, 9.17) is 9.15 Å². The molecule has 0 unspecified atom stereocenters. The quantitative estimate of drug-likeness (QED) is 0.831. The number of halogens is 2. The molecule has 1 aliphatic rings. The first-order chi connectivity index (χ1) is 11.1. The molecule has 1 saturated heterocycles. The van der Waals surface area contributed by atoms with Crippen LogP contribution in [0.3, 0.4) is 0 Å². The molecule has 1 amide bonds. The maximum Gasteiger partial charge on any atom is 0.289 e. The summed E-state index contributed by atoms with van der Waals surface area (Å²) in [5, 5.41) is 3.27. The van der Waals surface area contributed by atoms with Crippen molar-refractivity contribution in [1.29, 1.82) is 0 Å². The number of hydrogen-bond donors (Lipinski definition) is 1. The molecule has 1 N–H and O–H groups in total. The number of piperazine rings is 1. The van der Waals surface area contributed by atoms with Crippen LogP contribution in [0.2, 0.25) is 0 Å². The van der Waals surface area contributed by atoms with Crippen LogP contribution in [0.25, 0.3) is 0 Å². The van der Waals surface area contributed by atoms with Crippen LogP contribution < -0.4 is 10.1 Å². The molecule has 7 heteroatoms. The number of ether oxygens (including phenoxy) is 1. The fraction of sp³-hybridized carbons (Fsp3) is 0.353. The van der Waals surface area contributed by atoms with E-state index in [1.807, 2.05) is 36.1 Å². The minimum absolute atomic E-state index is 0. The van der Waals surface area contributed by atoms with Gasteiger partial charge in [0, 0.05) is 30.1 Å². The van der Waals surface area contributed by atoms with Crippen LogP contribution in [-0.2, 0) is 6.61 Å². The average Bonchev–Trinajstić information content (AvgIpc) is 3.03. The van der Waals surface area contributed by atoms with Crippen molar-refractivity contribution in [3.05, 3.63) is 52.4 Å². The maximum absolute atomic E-state index is 12.5. The van der Waals surface area contributed by atoms with E-state index < -0.39 is 0 Å². The fourth-order valence-electron chi connectivity index (χ4n) is 2.54. The van der Waals surface area contributed by atoms with Gasteiger partial charge >= 0.3 is 0 Å². The number of amides is 1. The van der Waals surface area contributed by atoms with Crippen molar-refractivity contribution in [2.24, 2.45) is 0 Å². The number of furan rings is 1. The second-order valence-corrected chi connectivity index (χ2v) is 6.48. The summed E-state index contributed by atoms with van der Waals surface area (Å²) in [6.45, 7) is 4.66. The Morgan fingerprint density at radius 1 is 1.33 bits per heavy atom. The van der Waals surface area contributed by atoms with E-state index in [1.165, 1.54) is 0 Å². The van der Waals surface area contributed by atoms with E-state index in [0.29, 0.717) is 24.7 Å². The van der Waals surface area contributed by atoms with Gasteiger partial charge in [0.1, 0.15) is 18.1 Å². The number of rotatable bonds is 4. The molecule has 0 bridgehead atoms. The highest BCUT2D eigenvalue weighted by molar-refractivity contribution is 9.10. The first kappa shape index (κ1) is 18.8. The first-order valence-electron chi connectivity index (χ1n) is 7.62. The SMILES string of the molecule is C[C@@H]1CNCCN1C(=O)c1ccc(COc2ccc(Br)cc2)o1.Cl. The van der Waals surface area contributed by atoms with E-state index >= 15 is 0 Å². The Kier molecular flexibility index (Phi) is 6.71. The predicted molar refractivity (Wildman–Crippen MR) is 97.8 cm³/mol. The standard InChI is InChI=1S/C17H19BrN2O3.ClH/c1-12-10-19-8-9-20(12)17(21)16-7-6-15(23-16)11-22-14-4-2-13(18)3-5-14;/h2-7,12,19H,8-11H2,1H3;1H/t12-;/m1./s1. The normalized spacial score (nSPS) is 17.2. The number of nitrogens with one attached hydrogen (secondary N) is 1. The smallest absolute Gasteiger partial charge is 0.289 e. The van der Waals surface area contributed by atoms with Crippen LogP contribution in [0.4, 0.5) is 0 Å². The summed E-state index contributed by atoms with van der Waals surface area (Å²) >= 11 is 3.38. The summed E-state index contributed by atoms with van der Waals surface area (Å²) in [5.74, 6) is 1.70. The Hall–Kier alpha value is -1.50. The van der Waals surface area contributed by atoms with Crippen LogP contribution in [0.5, 0.6) is 5.75 Å². The molecule has 0 spiro atoms. The molecular weight excluding hydrogens is 396 g/mol. The monoisotopic (exact) mass is 414 g/mol. The van der Waals surface area contributed by atoms with Crippen molar-refractivity contribution in [3.63, 3.8) is 0 Å². The Morgan fingerprint density at radius 2 is 2.08 bits per heavy atom. The molecule has 0 aliphatic carbocycles. The van der Waals surface area contributed by atoms with Gasteiger partial charge in [-0.25, -0.2) is 0 Å². The number of carbonyl (C=O) groups excluding carboxylic acids is 1. The molecular formula is C17H20BrClN2O3. The third-order valence-electron chi connectivity index (χ3n) is 3.83. The number of hydrogen-bond acceptors (Lipinski definition) is 4. The van der Waals surface area contributed by atoms with Gasteiger partial charge in [-0.05, 0) is 43.3 Å². The van der Waals surface area contributed by atoms with Crippen LogP contribution in [0.15, 0.2) is 45.3 Å². The average molecular weight is 416 g/mol. The molecule has 1 aromatic heterocycles. The molecule has 1 atom stereocenters. The molecule has 24 heavy (non-hydrogen) atoms. The zero-order valence-electron chi connectivity index (χ0n) is 13.3. The van der Waals surface area contributed by atoms with Gasteiger partial charge in [-0.1, -0.05) is 15.9 Å². The molecule has 1 aliphatic heterocycles. The Morgan fingerprint density at radius 3 is 2.79 bits per heavy atom. The summed E-state index contributed by atoms with van der Waals surface area (Å²) < 4.78 is 12.3. The van der Waals surface area contributed by atoms with Crippen LogP contribution in [0, 0.1) is 0 Å². The van der Waals surface area contributed by atoms with Gasteiger partial charge in [-0.2, -0.15) is 0 Å². The molecule has 2 aromatic rings. The lowest BCUT2D eigenvalue weighted by Crippen LogP contribution is -2.52. The highest BCUT2D eigenvalue weighted by atomic mass is 79.9. The number of benzene rings is 1. The molecule has 0 saturated carbocycles. The first-order valence-corrected chi connectivity index (χ1v) is 8.41. The second-order valence-electron chi connectivity index (χ2n) is 5.56. The van der Waals surface area contributed by atoms with Crippen molar-refractivity contribution in [3.8, 4) is 5.75 Å². The number of nitrogens with zero attached hydrogens (tertiary/aromatic N) is 1. The Bertz CT molecular complexity index is 675. The van der Waals surface area contributed by atoms with E-state index in [-0.39, 0.29) is 24.4 Å². The zero-order valence-corrected chi connectivity index (χ0v) is 15.7. The summed E-state index contributed by atoms with van der Waals surface area (Å²) in [6.07, 6.45) is 0. The molecule has 1 aromatic carbocycles. The van der Waals surface area contributed by atoms with Gasteiger partial charge in [0.25, 0.3) is 5.91 Å². The van der Waals surface area contributed by atoms with Gasteiger partial charge in [-0.15, -0.1) is 12.4 Å². The maximum atomic E-state index is 12.5. The van der Waals surface area contributed by atoms with Crippen molar-refractivity contribution in [2.45, 2.75) is 19.6 Å². The van der Waals surface area contributed by atoms with Crippen LogP contribution in [-0.4, -0.2) is 36.5 Å². The van der Waals surface area contributed by atoms with Crippen molar-refractivity contribution in [2.75, 3.05) is 19.6 Å². The second kappa shape index (κ2) is 8.55. The van der Waals surface area contributed by atoms with Crippen LogP contribution >= 0.6 is 28.3 Å². The van der Waals surface area contributed by atoms with Gasteiger partial charge in [0.2, 0.25) is 0 Å². The predicted octanol–water partition coefficient (Wildman–Crippen LogP) is 3.48. The molecule has 0 radical (unpaired) electrons. The van der Waals surface area contributed by atoms with E-state index in [1.54, 1.807) is 12.1 Å². The molecule has 130 valence electrons. The van der Waals surface area contributed by atoms with E-state index in [0.717, 1.165) is 23.3 Å². The van der Waals surface area contributed by atoms with Crippen molar-refractivity contribution < 1.29 is 13.9 Å². The third-order valence-corrected chi connectivity index (χ3v) is 4.36. The van der Waals surface area contributed by atoms with Gasteiger partial charge in [-0.3, -0.25) is 4.79 Å². The largest absolute Gasteiger partial charge is 0.486 e. The summed E-state index contributed by atoms with van der Waals surface area (Å²) in [6, 6.07) is 11.3. The Balaban J connectivity index is 0.00000208. The van der Waals surface area contributed by atoms with Gasteiger partial charge in [0.15, 0.2) is 5.76 Å². The molecule has 3 rings (SSSR count). The molecule has 5 nitrogen and oxygen atoms in total. The topological polar surface area (TPSA) is 54.7 Å². The summed E-state index contributed by atoms with van der Waals surface area (Å²) in [7, 11) is 0. The highest BCUT2D eigenvalue weighted by Gasteiger charge is 2.26. The third kappa shape index (κ3) is 4.53.